The van der Waals surface area contributed by atoms with E-state index in [1.165, 1.54) is 0 Å². The maximum Gasteiger partial charge on any atom is 0.243 e. The molecule has 0 fully saturated rings. The van der Waals surface area contributed by atoms with E-state index < -0.39 is 6.04 Å². The summed E-state index contributed by atoms with van der Waals surface area (Å²) < 4.78 is 0. The molecule has 3 aromatic carbocycles. The summed E-state index contributed by atoms with van der Waals surface area (Å²) in [5, 5.41) is 3.08. The predicted octanol–water partition coefficient (Wildman–Crippen LogP) is 5.40. The predicted molar refractivity (Wildman–Crippen MR) is 138 cm³/mol. The van der Waals surface area contributed by atoms with Crippen molar-refractivity contribution in [2.24, 2.45) is 0 Å². The molecule has 3 rings (SSSR count). The second kappa shape index (κ2) is 12.7. The number of nitrogens with zero attached hydrogens (tertiary/aromatic N) is 1. The third-order valence-electron chi connectivity index (χ3n) is 6.14. The van der Waals surface area contributed by atoms with E-state index in [0.717, 1.165) is 40.7 Å². The van der Waals surface area contributed by atoms with E-state index in [0.29, 0.717) is 19.5 Å². The van der Waals surface area contributed by atoms with Gasteiger partial charge in [-0.1, -0.05) is 97.8 Å². The number of rotatable bonds is 11. The Labute approximate surface area is 204 Å². The molecule has 0 spiro atoms. The third kappa shape index (κ3) is 7.31. The molecular formula is C30H36N2O2. The highest BCUT2D eigenvalue weighted by molar-refractivity contribution is 5.89. The number of hydrogen-bond acceptors (Lipinski definition) is 2. The quantitative estimate of drug-likeness (QED) is 0.393. The van der Waals surface area contributed by atoms with Crippen LogP contribution >= 0.6 is 0 Å². The molecule has 0 aromatic heterocycles. The van der Waals surface area contributed by atoms with Gasteiger partial charge in [-0.05, 0) is 42.5 Å². The van der Waals surface area contributed by atoms with Crippen LogP contribution in [0.3, 0.4) is 0 Å². The SMILES string of the molecule is CCCCNC(=O)[C@H](Cc1ccccc1)N(Cc1ccccc1)C(=O)Cc1cc(C)ccc1C. The van der Waals surface area contributed by atoms with Gasteiger partial charge in [-0.3, -0.25) is 9.59 Å². The monoisotopic (exact) mass is 456 g/mol. The molecular weight excluding hydrogens is 420 g/mol. The first-order valence-corrected chi connectivity index (χ1v) is 12.2. The lowest BCUT2D eigenvalue weighted by Crippen LogP contribution is -2.51. The Balaban J connectivity index is 1.94. The van der Waals surface area contributed by atoms with Gasteiger partial charge in [0, 0.05) is 19.5 Å². The molecule has 0 aliphatic carbocycles. The highest BCUT2D eigenvalue weighted by Gasteiger charge is 2.30. The Morgan fingerprint density at radius 3 is 2.18 bits per heavy atom. The summed E-state index contributed by atoms with van der Waals surface area (Å²) >= 11 is 0. The average molecular weight is 457 g/mol. The highest BCUT2D eigenvalue weighted by Crippen LogP contribution is 2.18. The van der Waals surface area contributed by atoms with Crippen LogP contribution in [-0.2, 0) is 29.0 Å². The number of carbonyl (C=O) groups is 2. The van der Waals surface area contributed by atoms with E-state index in [2.05, 4.69) is 30.4 Å². The van der Waals surface area contributed by atoms with Gasteiger partial charge in [-0.25, -0.2) is 0 Å². The van der Waals surface area contributed by atoms with Crippen molar-refractivity contribution < 1.29 is 9.59 Å². The van der Waals surface area contributed by atoms with Crippen molar-refractivity contribution in [3.05, 3.63) is 107 Å². The minimum Gasteiger partial charge on any atom is -0.354 e. The van der Waals surface area contributed by atoms with Crippen molar-refractivity contribution >= 4 is 11.8 Å². The smallest absolute Gasteiger partial charge is 0.243 e. The number of hydrogen-bond donors (Lipinski definition) is 1. The molecule has 4 nitrogen and oxygen atoms in total. The molecule has 0 saturated carbocycles. The van der Waals surface area contributed by atoms with Crippen LogP contribution in [0, 0.1) is 13.8 Å². The summed E-state index contributed by atoms with van der Waals surface area (Å²) in [6.45, 7) is 7.17. The molecule has 1 atom stereocenters. The van der Waals surface area contributed by atoms with Gasteiger partial charge in [0.05, 0.1) is 6.42 Å². The average Bonchev–Trinajstić information content (AvgIpc) is 2.85. The van der Waals surface area contributed by atoms with Gasteiger partial charge in [-0.15, -0.1) is 0 Å². The Hall–Kier alpha value is -3.40. The first-order chi connectivity index (χ1) is 16.5. The molecule has 178 valence electrons. The molecule has 3 aromatic rings. The van der Waals surface area contributed by atoms with E-state index in [-0.39, 0.29) is 18.2 Å². The largest absolute Gasteiger partial charge is 0.354 e. The van der Waals surface area contributed by atoms with Crippen molar-refractivity contribution in [1.82, 2.24) is 10.2 Å². The Morgan fingerprint density at radius 2 is 1.53 bits per heavy atom. The fourth-order valence-corrected chi connectivity index (χ4v) is 4.10. The van der Waals surface area contributed by atoms with Crippen LogP contribution in [0.15, 0.2) is 78.9 Å². The molecule has 0 aliphatic heterocycles. The zero-order valence-electron chi connectivity index (χ0n) is 20.6. The van der Waals surface area contributed by atoms with E-state index in [9.17, 15) is 9.59 Å². The molecule has 34 heavy (non-hydrogen) atoms. The van der Waals surface area contributed by atoms with E-state index >= 15 is 0 Å². The molecule has 0 aliphatic rings. The van der Waals surface area contributed by atoms with Gasteiger partial charge in [0.15, 0.2) is 0 Å². The van der Waals surface area contributed by atoms with Crippen LogP contribution in [0.1, 0.15) is 47.6 Å². The molecule has 0 bridgehead atoms. The second-order valence-corrected chi connectivity index (χ2v) is 8.96. The van der Waals surface area contributed by atoms with Crippen LogP contribution in [0.25, 0.3) is 0 Å². The van der Waals surface area contributed by atoms with E-state index in [1.54, 1.807) is 4.90 Å². The number of amides is 2. The zero-order valence-corrected chi connectivity index (χ0v) is 20.6. The number of unbranched alkanes of at least 4 members (excludes halogenated alkanes) is 1. The Bertz CT molecular complexity index is 1060. The fourth-order valence-electron chi connectivity index (χ4n) is 4.10. The second-order valence-electron chi connectivity index (χ2n) is 8.96. The lowest BCUT2D eigenvalue weighted by atomic mass is 9.99. The van der Waals surface area contributed by atoms with Crippen LogP contribution in [0.2, 0.25) is 0 Å². The number of aryl methyl sites for hydroxylation is 2. The highest BCUT2D eigenvalue weighted by atomic mass is 16.2. The van der Waals surface area contributed by atoms with Crippen molar-refractivity contribution in [3.8, 4) is 0 Å². The maximum absolute atomic E-state index is 13.8. The summed E-state index contributed by atoms with van der Waals surface area (Å²) in [6.07, 6.45) is 2.67. The number of benzene rings is 3. The van der Waals surface area contributed by atoms with E-state index in [1.807, 2.05) is 74.5 Å². The minimum absolute atomic E-state index is 0.0378. The summed E-state index contributed by atoms with van der Waals surface area (Å²) in [5.41, 5.74) is 5.27. The summed E-state index contributed by atoms with van der Waals surface area (Å²) in [4.78, 5) is 29.0. The first kappa shape index (κ1) is 25.2. The van der Waals surface area contributed by atoms with Gasteiger partial charge in [0.2, 0.25) is 11.8 Å². The zero-order chi connectivity index (χ0) is 24.3. The van der Waals surface area contributed by atoms with Gasteiger partial charge in [-0.2, -0.15) is 0 Å². The summed E-state index contributed by atoms with van der Waals surface area (Å²) in [5.74, 6) is -0.133. The van der Waals surface area contributed by atoms with Crippen LogP contribution in [-0.4, -0.2) is 29.3 Å². The summed E-state index contributed by atoms with van der Waals surface area (Å²) in [6, 6.07) is 25.5. The standard InChI is InChI=1S/C30H36N2O2/c1-4-5-18-31-30(34)28(20-25-12-8-6-9-13-25)32(22-26-14-10-7-11-15-26)29(33)21-27-19-23(2)16-17-24(27)3/h6-17,19,28H,4-5,18,20-22H2,1-3H3,(H,31,34)/t28-/m0/s1. The molecule has 0 saturated heterocycles. The van der Waals surface area contributed by atoms with Gasteiger partial charge in [0.25, 0.3) is 0 Å². The molecule has 0 unspecified atom stereocenters. The fraction of sp³-hybridized carbons (Fsp3) is 0.333. The molecule has 0 radical (unpaired) electrons. The summed E-state index contributed by atoms with van der Waals surface area (Å²) in [7, 11) is 0. The number of carbonyl (C=O) groups excluding carboxylic acids is 2. The molecule has 2 amide bonds. The molecule has 1 N–H and O–H groups in total. The normalized spacial score (nSPS) is 11.6. The van der Waals surface area contributed by atoms with E-state index in [4.69, 9.17) is 0 Å². The van der Waals surface area contributed by atoms with Crippen LogP contribution < -0.4 is 5.32 Å². The van der Waals surface area contributed by atoms with Gasteiger partial charge >= 0.3 is 0 Å². The van der Waals surface area contributed by atoms with Crippen molar-refractivity contribution in [1.29, 1.82) is 0 Å². The van der Waals surface area contributed by atoms with Crippen molar-refractivity contribution in [2.75, 3.05) is 6.54 Å². The van der Waals surface area contributed by atoms with Crippen molar-refractivity contribution in [2.45, 2.75) is 59.0 Å². The lowest BCUT2D eigenvalue weighted by Gasteiger charge is -2.32. The Morgan fingerprint density at radius 1 is 0.882 bits per heavy atom. The van der Waals surface area contributed by atoms with Crippen molar-refractivity contribution in [3.63, 3.8) is 0 Å². The molecule has 0 heterocycles. The van der Waals surface area contributed by atoms with Gasteiger partial charge < -0.3 is 10.2 Å². The van der Waals surface area contributed by atoms with Crippen LogP contribution in [0.4, 0.5) is 0 Å². The Kier molecular flexibility index (Phi) is 9.45. The first-order valence-electron chi connectivity index (χ1n) is 12.2. The number of nitrogens with one attached hydrogen (secondary N) is 1. The van der Waals surface area contributed by atoms with Gasteiger partial charge in [0.1, 0.15) is 6.04 Å². The van der Waals surface area contributed by atoms with Crippen LogP contribution in [0.5, 0.6) is 0 Å². The topological polar surface area (TPSA) is 49.4 Å². The third-order valence-corrected chi connectivity index (χ3v) is 6.14. The lowest BCUT2D eigenvalue weighted by molar-refractivity contribution is -0.140. The minimum atomic E-state index is -0.586. The maximum atomic E-state index is 13.8. The molecule has 4 heteroatoms.